The van der Waals surface area contributed by atoms with Crippen LogP contribution in [0.5, 0.6) is 11.5 Å². The van der Waals surface area contributed by atoms with Gasteiger partial charge in [0.05, 0.1) is 18.1 Å². The van der Waals surface area contributed by atoms with Crippen molar-refractivity contribution in [3.8, 4) is 11.5 Å². The van der Waals surface area contributed by atoms with E-state index >= 15 is 0 Å². The molecule has 2 amide bonds. The number of nitrogens with one attached hydrogen (secondary N) is 2. The second-order valence-electron chi connectivity index (χ2n) is 5.05. The molecule has 0 aliphatic carbocycles. The van der Waals surface area contributed by atoms with Gasteiger partial charge in [-0.3, -0.25) is 9.59 Å². The van der Waals surface area contributed by atoms with Gasteiger partial charge in [0.1, 0.15) is 6.04 Å². The Hall–Kier alpha value is -2.29. The summed E-state index contributed by atoms with van der Waals surface area (Å²) in [5.74, 6) is -0.486. The topological polar surface area (TPSA) is 111 Å². The molecule has 0 bridgehead atoms. The minimum Gasteiger partial charge on any atom is -0.490 e. The fourth-order valence-electron chi connectivity index (χ4n) is 1.96. The van der Waals surface area contributed by atoms with Gasteiger partial charge in [-0.1, -0.05) is 0 Å². The van der Waals surface area contributed by atoms with E-state index in [0.29, 0.717) is 31.1 Å². The first-order chi connectivity index (χ1) is 10.8. The van der Waals surface area contributed by atoms with E-state index in [9.17, 15) is 18.0 Å². The van der Waals surface area contributed by atoms with E-state index in [1.165, 1.54) is 32.0 Å². The summed E-state index contributed by atoms with van der Waals surface area (Å²) in [4.78, 5) is 22.6. The zero-order valence-electron chi connectivity index (χ0n) is 12.8. The Morgan fingerprint density at radius 2 is 1.83 bits per heavy atom. The van der Waals surface area contributed by atoms with Crippen LogP contribution in [0.3, 0.4) is 0 Å². The van der Waals surface area contributed by atoms with Crippen molar-refractivity contribution < 1.29 is 27.5 Å². The van der Waals surface area contributed by atoms with Crippen LogP contribution in [0.25, 0.3) is 0 Å². The van der Waals surface area contributed by atoms with Crippen molar-refractivity contribution in [1.29, 1.82) is 0 Å². The molecule has 126 valence electrons. The smallest absolute Gasteiger partial charge is 0.264 e. The molecule has 0 aromatic heterocycles. The Kier molecular flexibility index (Phi) is 5.09. The number of hydrogen-bond acceptors (Lipinski definition) is 6. The van der Waals surface area contributed by atoms with E-state index in [2.05, 4.69) is 5.32 Å². The average molecular weight is 342 g/mol. The lowest BCUT2D eigenvalue weighted by molar-refractivity contribution is -0.126. The number of sulfonamides is 1. The first-order valence-corrected chi connectivity index (χ1v) is 8.51. The molecule has 1 aromatic carbocycles. The lowest BCUT2D eigenvalue weighted by atomic mass is 10.3. The number of carbonyl (C=O) groups is 2. The zero-order valence-corrected chi connectivity index (χ0v) is 13.6. The molecule has 23 heavy (non-hydrogen) atoms. The van der Waals surface area contributed by atoms with Crippen LogP contribution in [0.4, 0.5) is 0 Å². The lowest BCUT2D eigenvalue weighted by Crippen LogP contribution is -2.46. The van der Waals surface area contributed by atoms with Crippen molar-refractivity contribution in [3.05, 3.63) is 18.2 Å². The number of carbonyl (C=O) groups excluding carboxylic acids is 2. The molecule has 0 fully saturated rings. The lowest BCUT2D eigenvalue weighted by Gasteiger charge is -2.14. The van der Waals surface area contributed by atoms with Crippen LogP contribution in [-0.2, 0) is 19.6 Å². The summed E-state index contributed by atoms with van der Waals surface area (Å²) in [6.07, 6.45) is 0.696. The van der Waals surface area contributed by atoms with Crippen LogP contribution < -0.4 is 19.5 Å². The van der Waals surface area contributed by atoms with Crippen LogP contribution >= 0.6 is 0 Å². The molecule has 0 radical (unpaired) electrons. The van der Waals surface area contributed by atoms with Gasteiger partial charge in [0.25, 0.3) is 15.9 Å². The molecule has 1 aromatic rings. The molecule has 2 N–H and O–H groups in total. The van der Waals surface area contributed by atoms with Crippen LogP contribution in [0.1, 0.15) is 20.3 Å². The Balaban J connectivity index is 2.18. The second-order valence-corrected chi connectivity index (χ2v) is 6.73. The molecule has 2 rings (SSSR count). The van der Waals surface area contributed by atoms with Gasteiger partial charge in [-0.15, -0.1) is 0 Å². The van der Waals surface area contributed by atoms with Crippen LogP contribution in [0.2, 0.25) is 0 Å². The molecule has 8 nitrogen and oxygen atoms in total. The highest BCUT2D eigenvalue weighted by Crippen LogP contribution is 2.31. The van der Waals surface area contributed by atoms with Crippen LogP contribution in [-0.4, -0.2) is 39.5 Å². The van der Waals surface area contributed by atoms with Crippen molar-refractivity contribution in [2.45, 2.75) is 31.2 Å². The van der Waals surface area contributed by atoms with Crippen molar-refractivity contribution in [1.82, 2.24) is 10.0 Å². The Labute approximate surface area is 134 Å². The molecule has 0 spiro atoms. The number of amides is 2. The largest absolute Gasteiger partial charge is 0.490 e. The summed E-state index contributed by atoms with van der Waals surface area (Å²) < 4.78 is 37.3. The number of rotatable bonds is 4. The summed E-state index contributed by atoms with van der Waals surface area (Å²) in [7, 11) is -4.07. The van der Waals surface area contributed by atoms with E-state index in [1.807, 2.05) is 4.72 Å². The third-order valence-electron chi connectivity index (χ3n) is 3.08. The number of fused-ring (bicyclic) bond motifs is 1. The summed E-state index contributed by atoms with van der Waals surface area (Å²) in [5.41, 5.74) is 0. The zero-order chi connectivity index (χ0) is 17.0. The Bertz CT molecular complexity index is 716. The molecule has 1 heterocycles. The van der Waals surface area contributed by atoms with Crippen molar-refractivity contribution in [3.63, 3.8) is 0 Å². The van der Waals surface area contributed by atoms with Gasteiger partial charge < -0.3 is 14.8 Å². The molecule has 0 saturated heterocycles. The molecule has 1 aliphatic rings. The van der Waals surface area contributed by atoms with Gasteiger partial charge in [-0.25, -0.2) is 13.1 Å². The summed E-state index contributed by atoms with van der Waals surface area (Å²) in [6.45, 7) is 3.54. The summed E-state index contributed by atoms with van der Waals surface area (Å²) in [6, 6.07) is 3.14. The first-order valence-electron chi connectivity index (χ1n) is 7.03. The van der Waals surface area contributed by atoms with Gasteiger partial charge in [-0.05, 0) is 19.1 Å². The third-order valence-corrected chi connectivity index (χ3v) is 4.42. The van der Waals surface area contributed by atoms with Crippen molar-refractivity contribution in [2.24, 2.45) is 0 Å². The molecular weight excluding hydrogens is 324 g/mol. The first kappa shape index (κ1) is 17.1. The minimum atomic E-state index is -4.07. The maximum Gasteiger partial charge on any atom is 0.264 e. The Morgan fingerprint density at radius 3 is 2.48 bits per heavy atom. The highest BCUT2D eigenvalue weighted by Gasteiger charge is 2.24. The third kappa shape index (κ3) is 4.35. The molecule has 1 aliphatic heterocycles. The van der Waals surface area contributed by atoms with Crippen LogP contribution in [0, 0.1) is 0 Å². The van der Waals surface area contributed by atoms with Crippen LogP contribution in [0.15, 0.2) is 23.1 Å². The quantitative estimate of drug-likeness (QED) is 0.807. The summed E-state index contributed by atoms with van der Waals surface area (Å²) in [5, 5.41) is 2.31. The highest BCUT2D eigenvalue weighted by atomic mass is 32.2. The number of benzene rings is 1. The molecule has 0 saturated carbocycles. The number of ether oxygens (including phenoxy) is 2. The maximum atomic E-state index is 12.3. The van der Waals surface area contributed by atoms with Gasteiger partial charge in [0, 0.05) is 19.4 Å². The fourth-order valence-corrected chi connectivity index (χ4v) is 3.03. The van der Waals surface area contributed by atoms with E-state index in [0.717, 1.165) is 0 Å². The molecule has 0 unspecified atom stereocenters. The highest BCUT2D eigenvalue weighted by molar-refractivity contribution is 7.90. The SMILES string of the molecule is CC(=O)N[C@@H](C)C(=O)NS(=O)(=O)c1ccc2c(c1)OCCCO2. The van der Waals surface area contributed by atoms with Crippen molar-refractivity contribution in [2.75, 3.05) is 13.2 Å². The fraction of sp³-hybridized carbons (Fsp3) is 0.429. The minimum absolute atomic E-state index is 0.120. The molecule has 9 heteroatoms. The van der Waals surface area contributed by atoms with Gasteiger partial charge in [0.15, 0.2) is 11.5 Å². The van der Waals surface area contributed by atoms with E-state index < -0.39 is 27.9 Å². The predicted molar refractivity (Wildman–Crippen MR) is 80.7 cm³/mol. The van der Waals surface area contributed by atoms with E-state index in [4.69, 9.17) is 9.47 Å². The Morgan fingerprint density at radius 1 is 1.17 bits per heavy atom. The van der Waals surface area contributed by atoms with Gasteiger partial charge in [-0.2, -0.15) is 0 Å². The van der Waals surface area contributed by atoms with E-state index in [1.54, 1.807) is 0 Å². The maximum absolute atomic E-state index is 12.3. The van der Waals surface area contributed by atoms with E-state index in [-0.39, 0.29) is 4.90 Å². The predicted octanol–water partition coefficient (Wildman–Crippen LogP) is 0.177. The second kappa shape index (κ2) is 6.86. The normalized spacial score (nSPS) is 15.2. The summed E-state index contributed by atoms with van der Waals surface area (Å²) >= 11 is 0. The number of hydrogen-bond donors (Lipinski definition) is 2. The monoisotopic (exact) mass is 342 g/mol. The van der Waals surface area contributed by atoms with Crippen molar-refractivity contribution >= 4 is 21.8 Å². The average Bonchev–Trinajstić information content (AvgIpc) is 2.70. The standard InChI is InChI=1S/C14H18N2O6S/c1-9(15-10(2)17)14(18)16-23(19,20)11-4-5-12-13(8-11)22-7-3-6-21-12/h4-5,8-9H,3,6-7H2,1-2H3,(H,15,17)(H,16,18)/t9-/m0/s1. The molecular formula is C14H18N2O6S. The molecule has 1 atom stereocenters. The van der Waals surface area contributed by atoms with Gasteiger partial charge >= 0.3 is 0 Å². The van der Waals surface area contributed by atoms with Gasteiger partial charge in [0.2, 0.25) is 5.91 Å².